The standard InChI is InChI=1S/C12H20N4O2S/c1-4-18-10(17)12(13,9-5-6-9)7-19-11-15-14-8(2)16(11)3/h9H,4-7,13H2,1-3H3. The Hall–Kier alpha value is -1.08. The van der Waals surface area contributed by atoms with Crippen LogP contribution in [0.15, 0.2) is 5.16 Å². The van der Waals surface area contributed by atoms with Crippen LogP contribution in [-0.2, 0) is 16.6 Å². The Labute approximate surface area is 117 Å². The van der Waals surface area contributed by atoms with Gasteiger partial charge in [-0.1, -0.05) is 11.8 Å². The summed E-state index contributed by atoms with van der Waals surface area (Å²) in [6.45, 7) is 4.04. The zero-order chi connectivity index (χ0) is 14.0. The van der Waals surface area contributed by atoms with Crippen molar-refractivity contribution in [2.75, 3.05) is 12.4 Å². The molecule has 2 N–H and O–H groups in total. The van der Waals surface area contributed by atoms with Crippen LogP contribution < -0.4 is 5.73 Å². The first-order chi connectivity index (χ1) is 8.99. The fourth-order valence-corrected chi connectivity index (χ4v) is 3.05. The van der Waals surface area contributed by atoms with Crippen molar-refractivity contribution in [3.63, 3.8) is 0 Å². The molecule has 1 aromatic heterocycles. The molecule has 6 nitrogen and oxygen atoms in total. The second kappa shape index (κ2) is 5.50. The highest BCUT2D eigenvalue weighted by Gasteiger charge is 2.49. The molecule has 0 saturated heterocycles. The van der Waals surface area contributed by atoms with E-state index >= 15 is 0 Å². The van der Waals surface area contributed by atoms with E-state index in [-0.39, 0.29) is 11.9 Å². The summed E-state index contributed by atoms with van der Waals surface area (Å²) in [6.07, 6.45) is 1.99. The predicted octanol–water partition coefficient (Wildman–Crippen LogP) is 0.886. The Bertz CT molecular complexity index is 472. The van der Waals surface area contributed by atoms with Crippen LogP contribution in [0.2, 0.25) is 0 Å². The first-order valence-corrected chi connectivity index (χ1v) is 7.42. The topological polar surface area (TPSA) is 83.0 Å². The van der Waals surface area contributed by atoms with Crippen molar-refractivity contribution in [1.82, 2.24) is 14.8 Å². The number of carbonyl (C=O) groups is 1. The molecular formula is C12H20N4O2S. The average molecular weight is 284 g/mol. The van der Waals surface area contributed by atoms with E-state index in [1.807, 2.05) is 18.5 Å². The van der Waals surface area contributed by atoms with Crippen LogP contribution in [0.25, 0.3) is 0 Å². The van der Waals surface area contributed by atoms with Gasteiger partial charge in [-0.3, -0.25) is 4.79 Å². The van der Waals surface area contributed by atoms with Gasteiger partial charge in [0.15, 0.2) is 5.16 Å². The van der Waals surface area contributed by atoms with Gasteiger partial charge >= 0.3 is 5.97 Å². The van der Waals surface area contributed by atoms with Crippen molar-refractivity contribution >= 4 is 17.7 Å². The van der Waals surface area contributed by atoms with Gasteiger partial charge in [-0.2, -0.15) is 0 Å². The van der Waals surface area contributed by atoms with Gasteiger partial charge < -0.3 is 15.0 Å². The summed E-state index contributed by atoms with van der Waals surface area (Å²) < 4.78 is 7.00. The van der Waals surface area contributed by atoms with Crippen LogP contribution in [-0.4, -0.2) is 38.6 Å². The van der Waals surface area contributed by atoms with Crippen molar-refractivity contribution in [1.29, 1.82) is 0 Å². The number of ether oxygens (including phenoxy) is 1. The molecule has 7 heteroatoms. The number of aryl methyl sites for hydroxylation is 1. The summed E-state index contributed by atoms with van der Waals surface area (Å²) in [4.78, 5) is 12.1. The van der Waals surface area contributed by atoms with Gasteiger partial charge in [-0.05, 0) is 32.6 Å². The number of carbonyl (C=O) groups excluding carboxylic acids is 1. The molecule has 1 aliphatic rings. The largest absolute Gasteiger partial charge is 0.465 e. The van der Waals surface area contributed by atoms with Gasteiger partial charge in [0.2, 0.25) is 0 Å². The predicted molar refractivity (Wildman–Crippen MR) is 72.7 cm³/mol. The molecule has 0 aliphatic heterocycles. The third-order valence-electron chi connectivity index (χ3n) is 3.45. The molecule has 106 valence electrons. The van der Waals surface area contributed by atoms with Crippen molar-refractivity contribution in [2.24, 2.45) is 18.7 Å². The number of hydrogen-bond acceptors (Lipinski definition) is 6. The van der Waals surface area contributed by atoms with Crippen LogP contribution in [0.4, 0.5) is 0 Å². The summed E-state index contributed by atoms with van der Waals surface area (Å²) in [5.74, 6) is 1.24. The maximum Gasteiger partial charge on any atom is 0.327 e. The number of nitrogens with zero attached hydrogens (tertiary/aromatic N) is 3. The van der Waals surface area contributed by atoms with Crippen LogP contribution in [0, 0.1) is 12.8 Å². The van der Waals surface area contributed by atoms with Crippen molar-refractivity contribution in [3.05, 3.63) is 5.82 Å². The molecule has 0 amide bonds. The Morgan fingerprint density at radius 2 is 2.26 bits per heavy atom. The normalized spacial score (nSPS) is 18.1. The first kappa shape index (κ1) is 14.3. The summed E-state index contributed by atoms with van der Waals surface area (Å²) in [5, 5.41) is 8.84. The summed E-state index contributed by atoms with van der Waals surface area (Å²) in [7, 11) is 1.90. The molecular weight excluding hydrogens is 264 g/mol. The van der Waals surface area contributed by atoms with Gasteiger partial charge in [0.25, 0.3) is 0 Å². The maximum atomic E-state index is 12.1. The van der Waals surface area contributed by atoms with Crippen molar-refractivity contribution < 1.29 is 9.53 Å². The monoisotopic (exact) mass is 284 g/mol. The Morgan fingerprint density at radius 1 is 1.58 bits per heavy atom. The number of nitrogens with two attached hydrogens (primary N) is 1. The minimum atomic E-state index is -0.902. The van der Waals surface area contributed by atoms with Crippen LogP contribution in [0.5, 0.6) is 0 Å². The highest BCUT2D eigenvalue weighted by molar-refractivity contribution is 7.99. The number of rotatable bonds is 6. The lowest BCUT2D eigenvalue weighted by Gasteiger charge is -2.26. The summed E-state index contributed by atoms with van der Waals surface area (Å²) in [5.41, 5.74) is 5.38. The molecule has 1 atom stereocenters. The number of aromatic nitrogens is 3. The molecule has 1 fully saturated rings. The van der Waals surface area contributed by atoms with Gasteiger partial charge in [0, 0.05) is 12.8 Å². The zero-order valence-corrected chi connectivity index (χ0v) is 12.4. The van der Waals surface area contributed by atoms with E-state index in [2.05, 4.69) is 10.2 Å². The minimum absolute atomic E-state index is 0.230. The maximum absolute atomic E-state index is 12.1. The third-order valence-corrected chi connectivity index (χ3v) is 4.69. The second-order valence-electron chi connectivity index (χ2n) is 4.91. The smallest absolute Gasteiger partial charge is 0.327 e. The molecule has 1 aromatic rings. The molecule has 1 aliphatic carbocycles. The fraction of sp³-hybridized carbons (Fsp3) is 0.750. The van der Waals surface area contributed by atoms with Crippen molar-refractivity contribution in [3.8, 4) is 0 Å². The van der Waals surface area contributed by atoms with Crippen LogP contribution >= 0.6 is 11.8 Å². The second-order valence-corrected chi connectivity index (χ2v) is 5.86. The van der Waals surface area contributed by atoms with Gasteiger partial charge in [-0.15, -0.1) is 10.2 Å². The molecule has 0 radical (unpaired) electrons. The molecule has 1 unspecified atom stereocenters. The molecule has 0 aromatic carbocycles. The molecule has 0 spiro atoms. The average Bonchev–Trinajstić information content (AvgIpc) is 3.18. The van der Waals surface area contributed by atoms with Crippen LogP contribution in [0.1, 0.15) is 25.6 Å². The highest BCUT2D eigenvalue weighted by atomic mass is 32.2. The Kier molecular flexibility index (Phi) is 4.15. The SMILES string of the molecule is CCOC(=O)C(N)(CSc1nnc(C)n1C)C1CC1. The van der Waals surface area contributed by atoms with Gasteiger partial charge in [0.05, 0.1) is 6.61 Å². The van der Waals surface area contributed by atoms with E-state index in [1.165, 1.54) is 11.8 Å². The summed E-state index contributed by atoms with van der Waals surface area (Å²) >= 11 is 1.46. The Morgan fingerprint density at radius 3 is 2.74 bits per heavy atom. The molecule has 1 heterocycles. The zero-order valence-electron chi connectivity index (χ0n) is 11.5. The van der Waals surface area contributed by atoms with E-state index in [0.29, 0.717) is 12.4 Å². The van der Waals surface area contributed by atoms with Crippen molar-refractivity contribution in [2.45, 2.75) is 37.4 Å². The Balaban J connectivity index is 2.05. The lowest BCUT2D eigenvalue weighted by atomic mass is 9.97. The quantitative estimate of drug-likeness (QED) is 0.617. The highest BCUT2D eigenvalue weighted by Crippen LogP contribution is 2.41. The fourth-order valence-electron chi connectivity index (χ4n) is 1.90. The number of esters is 1. The minimum Gasteiger partial charge on any atom is -0.465 e. The number of hydrogen-bond donors (Lipinski definition) is 1. The van der Waals surface area contributed by atoms with E-state index in [0.717, 1.165) is 23.8 Å². The van der Waals surface area contributed by atoms with Crippen LogP contribution in [0.3, 0.4) is 0 Å². The lowest BCUT2D eigenvalue weighted by molar-refractivity contribution is -0.149. The van der Waals surface area contributed by atoms with E-state index in [1.54, 1.807) is 6.92 Å². The molecule has 2 rings (SSSR count). The van der Waals surface area contributed by atoms with Gasteiger partial charge in [-0.25, -0.2) is 0 Å². The number of thioether (sulfide) groups is 1. The molecule has 1 saturated carbocycles. The van der Waals surface area contributed by atoms with E-state index in [9.17, 15) is 4.79 Å². The lowest BCUT2D eigenvalue weighted by Crippen LogP contribution is -2.53. The third kappa shape index (κ3) is 2.92. The summed E-state index contributed by atoms with van der Waals surface area (Å²) in [6, 6.07) is 0. The van der Waals surface area contributed by atoms with Gasteiger partial charge in [0.1, 0.15) is 11.4 Å². The van der Waals surface area contributed by atoms with E-state index in [4.69, 9.17) is 10.5 Å². The first-order valence-electron chi connectivity index (χ1n) is 6.44. The molecule has 19 heavy (non-hydrogen) atoms. The van der Waals surface area contributed by atoms with E-state index < -0.39 is 5.54 Å². The molecule has 0 bridgehead atoms.